The molecule has 1 saturated carbocycles. The second kappa shape index (κ2) is 7.68. The lowest BCUT2D eigenvalue weighted by Crippen LogP contribution is -2.49. The third-order valence-corrected chi connectivity index (χ3v) is 4.26. The Kier molecular flexibility index (Phi) is 5.85. The van der Waals surface area contributed by atoms with Crippen molar-refractivity contribution in [2.24, 2.45) is 5.92 Å². The second-order valence-corrected chi connectivity index (χ2v) is 6.17. The van der Waals surface area contributed by atoms with Gasteiger partial charge in [0, 0.05) is 11.6 Å². The first-order chi connectivity index (χ1) is 11.3. The van der Waals surface area contributed by atoms with Crippen molar-refractivity contribution in [1.29, 1.82) is 0 Å². The second-order valence-electron chi connectivity index (χ2n) is 6.17. The van der Waals surface area contributed by atoms with Crippen LogP contribution in [-0.2, 0) is 4.79 Å². The molecule has 2 amide bonds. The number of hydrogen-bond donors (Lipinski definition) is 2. The molecule has 1 aromatic rings. The molecule has 3 unspecified atom stereocenters. The van der Waals surface area contributed by atoms with Crippen LogP contribution >= 0.6 is 0 Å². The fourth-order valence-electron chi connectivity index (χ4n) is 2.88. The maximum absolute atomic E-state index is 12.8. The zero-order valence-corrected chi connectivity index (χ0v) is 13.4. The van der Waals surface area contributed by atoms with Gasteiger partial charge in [0.05, 0.1) is 5.92 Å². The summed E-state index contributed by atoms with van der Waals surface area (Å²) < 4.78 is 38.4. The highest BCUT2D eigenvalue weighted by atomic mass is 19.4. The van der Waals surface area contributed by atoms with Crippen molar-refractivity contribution in [3.63, 3.8) is 0 Å². The number of hydrogen-bond acceptors (Lipinski definition) is 2. The predicted molar refractivity (Wildman–Crippen MR) is 83.3 cm³/mol. The molecule has 2 rings (SSSR count). The number of carbonyl (C=O) groups excluding carboxylic acids is 2. The van der Waals surface area contributed by atoms with Crippen molar-refractivity contribution < 1.29 is 22.8 Å². The lowest BCUT2D eigenvalue weighted by molar-refractivity contribution is -0.184. The number of halogens is 3. The molecule has 0 radical (unpaired) electrons. The number of benzene rings is 1. The smallest absolute Gasteiger partial charge is 0.352 e. The molecular formula is C17H21F3N2O2. The molecule has 0 aromatic heterocycles. The van der Waals surface area contributed by atoms with Crippen LogP contribution in [-0.4, -0.2) is 30.1 Å². The molecular weight excluding hydrogens is 321 g/mol. The Morgan fingerprint density at radius 2 is 1.83 bits per heavy atom. The maximum atomic E-state index is 12.8. The van der Waals surface area contributed by atoms with Crippen LogP contribution in [0.4, 0.5) is 13.2 Å². The zero-order valence-electron chi connectivity index (χ0n) is 13.4. The molecule has 2 N–H and O–H groups in total. The fourth-order valence-corrected chi connectivity index (χ4v) is 2.88. The lowest BCUT2D eigenvalue weighted by atomic mass is 9.85. The van der Waals surface area contributed by atoms with Crippen LogP contribution in [0, 0.1) is 5.92 Å². The van der Waals surface area contributed by atoms with Crippen molar-refractivity contribution in [2.45, 2.75) is 50.9 Å². The summed E-state index contributed by atoms with van der Waals surface area (Å²) >= 11 is 0. The average Bonchev–Trinajstić information content (AvgIpc) is 2.55. The van der Waals surface area contributed by atoms with E-state index < -0.39 is 36.0 Å². The van der Waals surface area contributed by atoms with Crippen molar-refractivity contribution in [3.8, 4) is 0 Å². The minimum Gasteiger partial charge on any atom is -0.352 e. The topological polar surface area (TPSA) is 58.2 Å². The molecule has 24 heavy (non-hydrogen) atoms. The first kappa shape index (κ1) is 18.3. The van der Waals surface area contributed by atoms with Gasteiger partial charge in [0.2, 0.25) is 5.91 Å². The molecule has 1 aliphatic rings. The van der Waals surface area contributed by atoms with E-state index >= 15 is 0 Å². The van der Waals surface area contributed by atoms with E-state index in [-0.39, 0.29) is 12.8 Å². The van der Waals surface area contributed by atoms with Gasteiger partial charge >= 0.3 is 6.18 Å². The summed E-state index contributed by atoms with van der Waals surface area (Å²) in [5.41, 5.74) is 0.423. The van der Waals surface area contributed by atoms with Gasteiger partial charge in [-0.2, -0.15) is 13.2 Å². The summed E-state index contributed by atoms with van der Waals surface area (Å²) in [5, 5.41) is 5.18. The molecule has 132 valence electrons. The van der Waals surface area contributed by atoms with Gasteiger partial charge < -0.3 is 10.6 Å². The number of carbonyl (C=O) groups is 2. The minimum atomic E-state index is -4.23. The first-order valence-corrected chi connectivity index (χ1v) is 8.00. The number of nitrogens with one attached hydrogen (secondary N) is 2. The van der Waals surface area contributed by atoms with E-state index in [4.69, 9.17) is 0 Å². The lowest BCUT2D eigenvalue weighted by Gasteiger charge is -2.31. The maximum Gasteiger partial charge on any atom is 0.391 e. The summed E-state index contributed by atoms with van der Waals surface area (Å²) in [6.07, 6.45) is -3.27. The highest BCUT2D eigenvalue weighted by molar-refractivity contribution is 5.97. The molecule has 1 aliphatic carbocycles. The van der Waals surface area contributed by atoms with Crippen LogP contribution in [0.1, 0.15) is 43.0 Å². The van der Waals surface area contributed by atoms with Crippen molar-refractivity contribution in [1.82, 2.24) is 10.6 Å². The first-order valence-electron chi connectivity index (χ1n) is 8.00. The van der Waals surface area contributed by atoms with Gasteiger partial charge in [0.15, 0.2) is 0 Å². The van der Waals surface area contributed by atoms with Gasteiger partial charge in [-0.05, 0) is 38.3 Å². The SMILES string of the molecule is CC(NC(=O)c1ccccc1)C(=O)NC1CCCC(C(F)(F)F)C1. The molecule has 1 aromatic carbocycles. The highest BCUT2D eigenvalue weighted by Crippen LogP contribution is 2.37. The van der Waals surface area contributed by atoms with Crippen LogP contribution in [0.25, 0.3) is 0 Å². The van der Waals surface area contributed by atoms with E-state index in [1.54, 1.807) is 30.3 Å². The summed E-state index contributed by atoms with van der Waals surface area (Å²) in [4.78, 5) is 24.1. The van der Waals surface area contributed by atoms with E-state index in [0.717, 1.165) is 0 Å². The number of alkyl halides is 3. The van der Waals surface area contributed by atoms with Crippen LogP contribution in [0.15, 0.2) is 30.3 Å². The standard InChI is InChI=1S/C17H21F3N2O2/c1-11(21-16(24)12-6-3-2-4-7-12)15(23)22-14-9-5-8-13(10-14)17(18,19)20/h2-4,6-7,11,13-14H,5,8-10H2,1H3,(H,21,24)(H,22,23). The Balaban J connectivity index is 1.86. The quantitative estimate of drug-likeness (QED) is 0.884. The van der Waals surface area contributed by atoms with Crippen molar-refractivity contribution in [2.75, 3.05) is 0 Å². The van der Waals surface area contributed by atoms with E-state index in [9.17, 15) is 22.8 Å². The van der Waals surface area contributed by atoms with E-state index in [1.165, 1.54) is 6.92 Å². The summed E-state index contributed by atoms with van der Waals surface area (Å²) in [6.45, 7) is 1.51. The third kappa shape index (κ3) is 4.97. The van der Waals surface area contributed by atoms with Crippen molar-refractivity contribution >= 4 is 11.8 Å². The van der Waals surface area contributed by atoms with Crippen LogP contribution in [0.5, 0.6) is 0 Å². The van der Waals surface area contributed by atoms with E-state index in [1.807, 2.05) is 0 Å². The van der Waals surface area contributed by atoms with Gasteiger partial charge in [0.25, 0.3) is 5.91 Å². The Morgan fingerprint density at radius 3 is 2.46 bits per heavy atom. The normalized spacial score (nSPS) is 22.5. The van der Waals surface area contributed by atoms with Gasteiger partial charge in [-0.1, -0.05) is 24.6 Å². The monoisotopic (exact) mass is 342 g/mol. The predicted octanol–water partition coefficient (Wildman–Crippen LogP) is 3.04. The largest absolute Gasteiger partial charge is 0.391 e. The Bertz CT molecular complexity index is 575. The van der Waals surface area contributed by atoms with Crippen LogP contribution in [0.2, 0.25) is 0 Å². The van der Waals surface area contributed by atoms with E-state index in [2.05, 4.69) is 10.6 Å². The molecule has 4 nitrogen and oxygen atoms in total. The number of rotatable bonds is 4. The van der Waals surface area contributed by atoms with Gasteiger partial charge in [-0.25, -0.2) is 0 Å². The van der Waals surface area contributed by atoms with Crippen LogP contribution in [0.3, 0.4) is 0 Å². The average molecular weight is 342 g/mol. The Morgan fingerprint density at radius 1 is 1.17 bits per heavy atom. The Hall–Kier alpha value is -2.05. The van der Waals surface area contributed by atoms with Gasteiger partial charge in [0.1, 0.15) is 6.04 Å². The minimum absolute atomic E-state index is 0.103. The zero-order chi connectivity index (χ0) is 17.7. The van der Waals surface area contributed by atoms with Crippen LogP contribution < -0.4 is 10.6 Å². The number of amides is 2. The molecule has 7 heteroatoms. The third-order valence-electron chi connectivity index (χ3n) is 4.26. The summed E-state index contributed by atoms with van der Waals surface area (Å²) in [6, 6.07) is 7.10. The molecule has 0 spiro atoms. The van der Waals surface area contributed by atoms with Crippen molar-refractivity contribution in [3.05, 3.63) is 35.9 Å². The highest BCUT2D eigenvalue weighted by Gasteiger charge is 2.42. The molecule has 0 heterocycles. The molecule has 0 aliphatic heterocycles. The summed E-state index contributed by atoms with van der Waals surface area (Å²) in [7, 11) is 0. The molecule has 1 fully saturated rings. The van der Waals surface area contributed by atoms with Gasteiger partial charge in [-0.3, -0.25) is 9.59 Å². The fraction of sp³-hybridized carbons (Fsp3) is 0.529. The molecule has 0 saturated heterocycles. The van der Waals surface area contributed by atoms with E-state index in [0.29, 0.717) is 18.4 Å². The van der Waals surface area contributed by atoms with Gasteiger partial charge in [-0.15, -0.1) is 0 Å². The molecule has 3 atom stereocenters. The molecule has 0 bridgehead atoms. The Labute approximate surface area is 138 Å². The summed E-state index contributed by atoms with van der Waals surface area (Å²) in [5.74, 6) is -2.23.